The van der Waals surface area contributed by atoms with Gasteiger partial charge in [0.1, 0.15) is 15.7 Å². The maximum Gasteiger partial charge on any atom is 0.263 e. The molecule has 0 aliphatic carbocycles. The van der Waals surface area contributed by atoms with Crippen molar-refractivity contribution in [3.63, 3.8) is 0 Å². The van der Waals surface area contributed by atoms with E-state index in [0.29, 0.717) is 11.4 Å². The molecule has 1 N–H and O–H groups in total. The number of hydrogen-bond donors (Lipinski definition) is 1. The first kappa shape index (κ1) is 19.5. The molecule has 0 radical (unpaired) electrons. The minimum absolute atomic E-state index is 0.112. The van der Waals surface area contributed by atoms with E-state index in [9.17, 15) is 4.79 Å². The van der Waals surface area contributed by atoms with Crippen molar-refractivity contribution >= 4 is 23.1 Å². The van der Waals surface area contributed by atoms with Crippen LogP contribution in [0.2, 0.25) is 0 Å². The van der Waals surface area contributed by atoms with E-state index in [2.05, 4.69) is 31.2 Å². The van der Waals surface area contributed by atoms with Crippen LogP contribution in [0.5, 0.6) is 0 Å². The molecule has 29 heavy (non-hydrogen) atoms. The van der Waals surface area contributed by atoms with Gasteiger partial charge < -0.3 is 10.2 Å². The van der Waals surface area contributed by atoms with Crippen LogP contribution in [-0.4, -0.2) is 33.9 Å². The fourth-order valence-corrected chi connectivity index (χ4v) is 4.44. The van der Waals surface area contributed by atoms with Gasteiger partial charge in [-0.1, -0.05) is 25.0 Å². The maximum atomic E-state index is 12.6. The van der Waals surface area contributed by atoms with Crippen LogP contribution in [0.15, 0.2) is 42.7 Å². The van der Waals surface area contributed by atoms with Gasteiger partial charge in [0.05, 0.1) is 11.4 Å². The van der Waals surface area contributed by atoms with Crippen molar-refractivity contribution in [2.45, 2.75) is 39.2 Å². The minimum Gasteiger partial charge on any atom is -0.357 e. The quantitative estimate of drug-likeness (QED) is 0.686. The van der Waals surface area contributed by atoms with Gasteiger partial charge in [-0.25, -0.2) is 9.97 Å². The molecular formula is C22H25N5OS. The number of thiazole rings is 1. The first-order chi connectivity index (χ1) is 14.2. The molecule has 150 valence electrons. The van der Waals surface area contributed by atoms with Gasteiger partial charge >= 0.3 is 0 Å². The molecule has 0 spiro atoms. The SMILES string of the molecule is Cc1nc(-c2ccccn2)sc1C(=O)NCc1ccc(N2CCCCCC2)nc1. The van der Waals surface area contributed by atoms with Gasteiger partial charge in [-0.3, -0.25) is 9.78 Å². The molecule has 0 saturated carbocycles. The lowest BCUT2D eigenvalue weighted by molar-refractivity contribution is 0.0954. The Balaban J connectivity index is 1.38. The number of nitrogens with one attached hydrogen (secondary N) is 1. The normalized spacial score (nSPS) is 14.4. The van der Waals surface area contributed by atoms with Crippen LogP contribution < -0.4 is 10.2 Å². The second kappa shape index (κ2) is 9.13. The van der Waals surface area contributed by atoms with Crippen molar-refractivity contribution in [3.05, 3.63) is 58.9 Å². The zero-order valence-electron chi connectivity index (χ0n) is 16.6. The molecule has 0 aromatic carbocycles. The summed E-state index contributed by atoms with van der Waals surface area (Å²) >= 11 is 1.37. The van der Waals surface area contributed by atoms with E-state index >= 15 is 0 Å². The van der Waals surface area contributed by atoms with E-state index in [1.807, 2.05) is 37.4 Å². The van der Waals surface area contributed by atoms with E-state index in [-0.39, 0.29) is 5.91 Å². The molecule has 4 heterocycles. The highest BCUT2D eigenvalue weighted by Gasteiger charge is 2.17. The second-order valence-electron chi connectivity index (χ2n) is 7.26. The van der Waals surface area contributed by atoms with Crippen LogP contribution in [0, 0.1) is 6.92 Å². The van der Waals surface area contributed by atoms with Gasteiger partial charge in [-0.15, -0.1) is 11.3 Å². The summed E-state index contributed by atoms with van der Waals surface area (Å²) in [5.41, 5.74) is 2.50. The number of hydrogen-bond acceptors (Lipinski definition) is 6. The molecule has 1 saturated heterocycles. The molecule has 1 amide bonds. The van der Waals surface area contributed by atoms with E-state index in [1.54, 1.807) is 6.20 Å². The molecule has 0 bridgehead atoms. The Morgan fingerprint density at radius 1 is 1.10 bits per heavy atom. The lowest BCUT2D eigenvalue weighted by Gasteiger charge is -2.21. The lowest BCUT2D eigenvalue weighted by atomic mass is 10.2. The van der Waals surface area contributed by atoms with Crippen molar-refractivity contribution in [3.8, 4) is 10.7 Å². The molecule has 1 aliphatic rings. The summed E-state index contributed by atoms with van der Waals surface area (Å²) in [5.74, 6) is 0.916. The average Bonchev–Trinajstić information content (AvgIpc) is 2.97. The van der Waals surface area contributed by atoms with Crippen LogP contribution in [0.1, 0.15) is 46.6 Å². The molecule has 6 nitrogen and oxygen atoms in total. The number of carbonyl (C=O) groups excluding carboxylic acids is 1. The van der Waals surface area contributed by atoms with Crippen LogP contribution in [-0.2, 0) is 6.54 Å². The Kier molecular flexibility index (Phi) is 6.14. The first-order valence-corrected chi connectivity index (χ1v) is 10.9. The van der Waals surface area contributed by atoms with E-state index in [0.717, 1.165) is 40.9 Å². The smallest absolute Gasteiger partial charge is 0.263 e. The standard InChI is InChI=1S/C22H25N5OS/c1-16-20(29-22(26-16)18-8-4-5-11-23-18)21(28)25-15-17-9-10-19(24-14-17)27-12-6-2-3-7-13-27/h4-5,8-11,14H,2-3,6-7,12-13,15H2,1H3,(H,25,28). The highest BCUT2D eigenvalue weighted by atomic mass is 32.1. The first-order valence-electron chi connectivity index (χ1n) is 10.1. The van der Waals surface area contributed by atoms with E-state index in [4.69, 9.17) is 0 Å². The Bertz CT molecular complexity index is 947. The zero-order chi connectivity index (χ0) is 20.1. The summed E-state index contributed by atoms with van der Waals surface area (Å²) in [7, 11) is 0. The number of nitrogens with zero attached hydrogens (tertiary/aromatic N) is 4. The number of aryl methyl sites for hydroxylation is 1. The third-order valence-electron chi connectivity index (χ3n) is 5.08. The van der Waals surface area contributed by atoms with Crippen molar-refractivity contribution in [1.82, 2.24) is 20.3 Å². The third-order valence-corrected chi connectivity index (χ3v) is 6.26. The molecular weight excluding hydrogens is 382 g/mol. The van der Waals surface area contributed by atoms with Crippen molar-refractivity contribution in [1.29, 1.82) is 0 Å². The fourth-order valence-electron chi connectivity index (χ4n) is 3.48. The fraction of sp³-hybridized carbons (Fsp3) is 0.364. The summed E-state index contributed by atoms with van der Waals surface area (Å²) in [6.45, 7) is 4.45. The molecule has 0 unspecified atom stereocenters. The Labute approximate surface area is 175 Å². The van der Waals surface area contributed by atoms with Gasteiger partial charge in [-0.05, 0) is 43.5 Å². The number of aromatic nitrogens is 3. The van der Waals surface area contributed by atoms with Crippen LogP contribution in [0.4, 0.5) is 5.82 Å². The van der Waals surface area contributed by atoms with Crippen LogP contribution in [0.25, 0.3) is 10.7 Å². The van der Waals surface area contributed by atoms with E-state index < -0.39 is 0 Å². The van der Waals surface area contributed by atoms with Gasteiger partial charge in [0, 0.05) is 32.0 Å². The van der Waals surface area contributed by atoms with E-state index in [1.165, 1.54) is 37.0 Å². The van der Waals surface area contributed by atoms with Crippen LogP contribution in [0.3, 0.4) is 0 Å². The summed E-state index contributed by atoms with van der Waals surface area (Å²) in [5, 5.41) is 3.75. The molecule has 3 aromatic rings. The summed E-state index contributed by atoms with van der Waals surface area (Å²) in [6, 6.07) is 9.79. The molecule has 4 rings (SSSR count). The van der Waals surface area contributed by atoms with Crippen molar-refractivity contribution in [2.24, 2.45) is 0 Å². The van der Waals surface area contributed by atoms with Crippen molar-refractivity contribution < 1.29 is 4.79 Å². The number of amides is 1. The Hall–Kier alpha value is -2.80. The molecule has 3 aromatic heterocycles. The Morgan fingerprint density at radius 2 is 1.93 bits per heavy atom. The number of rotatable bonds is 5. The summed E-state index contributed by atoms with van der Waals surface area (Å²) in [4.78, 5) is 29.1. The largest absolute Gasteiger partial charge is 0.357 e. The van der Waals surface area contributed by atoms with Crippen LogP contribution >= 0.6 is 11.3 Å². The molecule has 7 heteroatoms. The highest BCUT2D eigenvalue weighted by Crippen LogP contribution is 2.26. The molecule has 1 aliphatic heterocycles. The topological polar surface area (TPSA) is 71.0 Å². The zero-order valence-corrected chi connectivity index (χ0v) is 17.4. The highest BCUT2D eigenvalue weighted by molar-refractivity contribution is 7.17. The van der Waals surface area contributed by atoms with Crippen molar-refractivity contribution in [2.75, 3.05) is 18.0 Å². The van der Waals surface area contributed by atoms with Gasteiger partial charge in [0.15, 0.2) is 0 Å². The van der Waals surface area contributed by atoms with Gasteiger partial charge in [-0.2, -0.15) is 0 Å². The predicted octanol–water partition coefficient (Wildman–Crippen LogP) is 4.22. The predicted molar refractivity (Wildman–Crippen MR) is 116 cm³/mol. The molecule has 0 atom stereocenters. The van der Waals surface area contributed by atoms with Gasteiger partial charge in [0.2, 0.25) is 0 Å². The third kappa shape index (κ3) is 4.79. The molecule has 1 fully saturated rings. The summed E-state index contributed by atoms with van der Waals surface area (Å²) in [6.07, 6.45) is 8.66. The number of carbonyl (C=O) groups is 1. The number of anilines is 1. The Morgan fingerprint density at radius 3 is 2.62 bits per heavy atom. The van der Waals surface area contributed by atoms with Gasteiger partial charge in [0.25, 0.3) is 5.91 Å². The average molecular weight is 408 g/mol. The number of pyridine rings is 2. The minimum atomic E-state index is -0.112. The lowest BCUT2D eigenvalue weighted by Crippen LogP contribution is -2.25. The summed E-state index contributed by atoms with van der Waals surface area (Å²) < 4.78 is 0. The maximum absolute atomic E-state index is 12.6. The monoisotopic (exact) mass is 407 g/mol. The second-order valence-corrected chi connectivity index (χ2v) is 8.26.